The Labute approximate surface area is 196 Å². The van der Waals surface area contributed by atoms with Gasteiger partial charge in [0.05, 0.1) is 13.4 Å². The van der Waals surface area contributed by atoms with Gasteiger partial charge in [0.2, 0.25) is 15.9 Å². The summed E-state index contributed by atoms with van der Waals surface area (Å²) in [6, 6.07) is 15.7. The largest absolute Gasteiger partial charge is 0.493 e. The summed E-state index contributed by atoms with van der Waals surface area (Å²) in [6.07, 6.45) is 5.37. The second kappa shape index (κ2) is 10.1. The molecule has 2 aliphatic rings. The standard InChI is InChI=1S/C25H32N2O5S/c1-31-23-12-8-18(14-24(23)32-17-19-6-4-3-5-7-19)9-13-25(28)26-20-15-21-10-11-22(16-20)27(21)33(2,29)30/h3-8,12,14,20-22H,9-11,13,15-17H2,1-2H3,(H,26,28). The molecule has 1 amide bonds. The number of ether oxygens (including phenoxy) is 2. The van der Waals surface area contributed by atoms with Gasteiger partial charge in [-0.05, 0) is 55.4 Å². The number of aryl methyl sites for hydroxylation is 1. The smallest absolute Gasteiger partial charge is 0.220 e. The topological polar surface area (TPSA) is 84.9 Å². The van der Waals surface area contributed by atoms with Gasteiger partial charge in [-0.3, -0.25) is 4.79 Å². The molecule has 2 aliphatic heterocycles. The van der Waals surface area contributed by atoms with Crippen molar-refractivity contribution in [3.05, 3.63) is 59.7 Å². The van der Waals surface area contributed by atoms with E-state index >= 15 is 0 Å². The van der Waals surface area contributed by atoms with E-state index in [0.717, 1.165) is 24.0 Å². The van der Waals surface area contributed by atoms with Crippen molar-refractivity contribution in [3.63, 3.8) is 0 Å². The zero-order valence-electron chi connectivity index (χ0n) is 19.2. The van der Waals surface area contributed by atoms with Crippen molar-refractivity contribution in [2.45, 2.75) is 63.3 Å². The van der Waals surface area contributed by atoms with Gasteiger partial charge in [-0.15, -0.1) is 0 Å². The molecule has 2 aromatic carbocycles. The van der Waals surface area contributed by atoms with Crippen LogP contribution in [0.5, 0.6) is 11.5 Å². The van der Waals surface area contributed by atoms with E-state index in [1.54, 1.807) is 11.4 Å². The molecule has 1 N–H and O–H groups in total. The molecule has 0 spiro atoms. The van der Waals surface area contributed by atoms with Crippen LogP contribution in [0, 0.1) is 0 Å². The quantitative estimate of drug-likeness (QED) is 0.606. The maximum Gasteiger partial charge on any atom is 0.220 e. The third-order valence-electron chi connectivity index (χ3n) is 6.52. The Kier molecular flexibility index (Phi) is 7.24. The van der Waals surface area contributed by atoms with Crippen molar-refractivity contribution in [3.8, 4) is 11.5 Å². The van der Waals surface area contributed by atoms with Crippen molar-refractivity contribution < 1.29 is 22.7 Å². The van der Waals surface area contributed by atoms with Crippen molar-refractivity contribution >= 4 is 15.9 Å². The van der Waals surface area contributed by atoms with Gasteiger partial charge < -0.3 is 14.8 Å². The number of nitrogens with zero attached hydrogens (tertiary/aromatic N) is 1. The molecule has 2 unspecified atom stereocenters. The number of benzene rings is 2. The van der Waals surface area contributed by atoms with E-state index in [9.17, 15) is 13.2 Å². The van der Waals surface area contributed by atoms with Crippen molar-refractivity contribution in [2.24, 2.45) is 0 Å². The minimum absolute atomic E-state index is 0.00484. The molecule has 2 saturated heterocycles. The number of carbonyl (C=O) groups is 1. The summed E-state index contributed by atoms with van der Waals surface area (Å²) in [5.74, 6) is 1.31. The van der Waals surface area contributed by atoms with Gasteiger partial charge >= 0.3 is 0 Å². The Morgan fingerprint density at radius 2 is 1.73 bits per heavy atom. The second-order valence-corrected chi connectivity index (χ2v) is 10.9. The van der Waals surface area contributed by atoms with Crippen LogP contribution in [0.1, 0.15) is 43.2 Å². The highest BCUT2D eigenvalue weighted by molar-refractivity contribution is 7.88. The highest BCUT2D eigenvalue weighted by Gasteiger charge is 2.45. The average molecular weight is 473 g/mol. The predicted molar refractivity (Wildman–Crippen MR) is 127 cm³/mol. The molecule has 7 nitrogen and oxygen atoms in total. The van der Waals surface area contributed by atoms with Gasteiger partial charge in [0.25, 0.3) is 0 Å². The van der Waals surface area contributed by atoms with Crippen molar-refractivity contribution in [1.82, 2.24) is 9.62 Å². The van der Waals surface area contributed by atoms with E-state index in [2.05, 4.69) is 5.32 Å². The maximum atomic E-state index is 12.6. The summed E-state index contributed by atoms with van der Waals surface area (Å²) in [5, 5.41) is 3.13. The molecule has 0 aromatic heterocycles. The van der Waals surface area contributed by atoms with Gasteiger partial charge in [-0.25, -0.2) is 8.42 Å². The first kappa shape index (κ1) is 23.6. The van der Waals surface area contributed by atoms with E-state index in [1.165, 1.54) is 6.26 Å². The molecular formula is C25H32N2O5S. The number of fused-ring (bicyclic) bond motifs is 2. The molecule has 0 aliphatic carbocycles. The van der Waals surface area contributed by atoms with Crippen LogP contribution in [0.15, 0.2) is 48.5 Å². The normalized spacial score (nSPS) is 22.7. The van der Waals surface area contributed by atoms with Crippen LogP contribution in [0.25, 0.3) is 0 Å². The Balaban J connectivity index is 1.30. The monoisotopic (exact) mass is 472 g/mol. The molecule has 2 heterocycles. The zero-order valence-corrected chi connectivity index (χ0v) is 20.0. The zero-order chi connectivity index (χ0) is 23.4. The number of amides is 1. The predicted octanol–water partition coefficient (Wildman–Crippen LogP) is 3.28. The fourth-order valence-corrected chi connectivity index (χ4v) is 6.54. The summed E-state index contributed by atoms with van der Waals surface area (Å²) in [7, 11) is -1.58. The lowest BCUT2D eigenvalue weighted by molar-refractivity contribution is -0.122. The summed E-state index contributed by atoms with van der Waals surface area (Å²) in [5.41, 5.74) is 2.07. The summed E-state index contributed by atoms with van der Waals surface area (Å²) >= 11 is 0. The molecule has 8 heteroatoms. The van der Waals surface area contributed by atoms with Gasteiger partial charge in [0.15, 0.2) is 11.5 Å². The van der Waals surface area contributed by atoms with Crippen LogP contribution >= 0.6 is 0 Å². The van der Waals surface area contributed by atoms with E-state index in [1.807, 2.05) is 48.5 Å². The summed E-state index contributed by atoms with van der Waals surface area (Å²) in [4.78, 5) is 12.6. The molecule has 2 atom stereocenters. The van der Waals surface area contributed by atoms with Gasteiger partial charge in [0.1, 0.15) is 6.61 Å². The third kappa shape index (κ3) is 5.86. The number of methoxy groups -OCH3 is 1. The minimum atomic E-state index is -3.19. The highest BCUT2D eigenvalue weighted by atomic mass is 32.2. The van der Waals surface area contributed by atoms with Gasteiger partial charge in [-0.1, -0.05) is 36.4 Å². The van der Waals surface area contributed by atoms with Crippen LogP contribution in [0.2, 0.25) is 0 Å². The van der Waals surface area contributed by atoms with Crippen LogP contribution in [0.4, 0.5) is 0 Å². The average Bonchev–Trinajstić information content (AvgIpc) is 3.09. The molecule has 0 saturated carbocycles. The Hall–Kier alpha value is -2.58. The van der Waals surface area contributed by atoms with Crippen LogP contribution in [0.3, 0.4) is 0 Å². The van der Waals surface area contributed by atoms with Gasteiger partial charge in [0, 0.05) is 24.5 Å². The second-order valence-electron chi connectivity index (χ2n) is 8.97. The molecule has 4 rings (SSSR count). The molecule has 33 heavy (non-hydrogen) atoms. The number of piperidine rings is 1. The number of hydrogen-bond acceptors (Lipinski definition) is 5. The number of nitrogens with one attached hydrogen (secondary N) is 1. The maximum absolute atomic E-state index is 12.6. The van der Waals surface area contributed by atoms with E-state index in [-0.39, 0.29) is 24.0 Å². The molecular weight excluding hydrogens is 440 g/mol. The van der Waals surface area contributed by atoms with Crippen molar-refractivity contribution in [1.29, 1.82) is 0 Å². The summed E-state index contributed by atoms with van der Waals surface area (Å²) in [6.45, 7) is 0.440. The lowest BCUT2D eigenvalue weighted by atomic mass is 9.99. The lowest BCUT2D eigenvalue weighted by Gasteiger charge is -2.37. The van der Waals surface area contributed by atoms with E-state index in [0.29, 0.717) is 43.8 Å². The van der Waals surface area contributed by atoms with Crippen LogP contribution < -0.4 is 14.8 Å². The van der Waals surface area contributed by atoms with Crippen molar-refractivity contribution in [2.75, 3.05) is 13.4 Å². The summed E-state index contributed by atoms with van der Waals surface area (Å²) < 4.78 is 37.2. The molecule has 2 fully saturated rings. The minimum Gasteiger partial charge on any atom is -0.493 e. The van der Waals surface area contributed by atoms with E-state index < -0.39 is 10.0 Å². The number of sulfonamides is 1. The molecule has 2 aromatic rings. The van der Waals surface area contributed by atoms with Gasteiger partial charge in [-0.2, -0.15) is 4.31 Å². The van der Waals surface area contributed by atoms with Crippen LogP contribution in [-0.4, -0.2) is 50.1 Å². The SMILES string of the molecule is COc1ccc(CCC(=O)NC2CC3CCC(C2)N3S(C)(=O)=O)cc1OCc1ccccc1. The first-order valence-electron chi connectivity index (χ1n) is 11.4. The lowest BCUT2D eigenvalue weighted by Crippen LogP contribution is -2.52. The molecule has 2 bridgehead atoms. The first-order valence-corrected chi connectivity index (χ1v) is 13.3. The van der Waals surface area contributed by atoms with Crippen LogP contribution in [-0.2, 0) is 27.8 Å². The Morgan fingerprint density at radius 3 is 2.36 bits per heavy atom. The first-order chi connectivity index (χ1) is 15.8. The number of carbonyl (C=O) groups excluding carboxylic acids is 1. The molecule has 178 valence electrons. The fraction of sp³-hybridized carbons (Fsp3) is 0.480. The highest BCUT2D eigenvalue weighted by Crippen LogP contribution is 2.37. The fourth-order valence-electron chi connectivity index (χ4n) is 5.08. The number of rotatable bonds is 9. The third-order valence-corrected chi connectivity index (χ3v) is 7.88. The van der Waals surface area contributed by atoms with E-state index in [4.69, 9.17) is 9.47 Å². The Morgan fingerprint density at radius 1 is 1.03 bits per heavy atom. The Bertz CT molecular complexity index is 1060. The molecule has 0 radical (unpaired) electrons. The number of hydrogen-bond donors (Lipinski definition) is 1.